The van der Waals surface area contributed by atoms with Crippen molar-refractivity contribution in [3.63, 3.8) is 0 Å². The molecule has 0 aliphatic rings. The average molecular weight is 437 g/mol. The number of sulfonamides is 1. The van der Waals surface area contributed by atoms with Gasteiger partial charge in [0.15, 0.2) is 18.1 Å². The summed E-state index contributed by atoms with van der Waals surface area (Å²) >= 11 is 0. The maximum atomic E-state index is 12.3. The first-order valence-electron chi connectivity index (χ1n) is 9.27. The number of hydrogen-bond donors (Lipinski definition) is 1. The van der Waals surface area contributed by atoms with Crippen molar-refractivity contribution in [2.75, 3.05) is 34.9 Å². The van der Waals surface area contributed by atoms with E-state index in [1.165, 1.54) is 26.2 Å². The molecule has 2 rings (SSSR count). The van der Waals surface area contributed by atoms with Crippen molar-refractivity contribution in [1.29, 1.82) is 0 Å². The third-order valence-electron chi connectivity index (χ3n) is 4.57. The van der Waals surface area contributed by atoms with Gasteiger partial charge >= 0.3 is 0 Å². The SMILES string of the molecule is COc1ccc([C@H](C)NC(=O)COc2ccc(S(=O)(=O)N(C)C)cc2C)cc1OC. The minimum Gasteiger partial charge on any atom is -0.493 e. The van der Waals surface area contributed by atoms with Crippen LogP contribution in [0.25, 0.3) is 0 Å². The van der Waals surface area contributed by atoms with Gasteiger partial charge < -0.3 is 19.5 Å². The fourth-order valence-corrected chi connectivity index (χ4v) is 3.77. The van der Waals surface area contributed by atoms with Gasteiger partial charge in [-0.1, -0.05) is 6.07 Å². The molecule has 1 N–H and O–H groups in total. The molecule has 0 radical (unpaired) electrons. The second-order valence-corrected chi connectivity index (χ2v) is 9.06. The average Bonchev–Trinajstić information content (AvgIpc) is 2.71. The molecule has 1 atom stereocenters. The summed E-state index contributed by atoms with van der Waals surface area (Å²) in [6.45, 7) is 3.39. The van der Waals surface area contributed by atoms with Gasteiger partial charge in [-0.25, -0.2) is 12.7 Å². The van der Waals surface area contributed by atoms with Gasteiger partial charge in [-0.2, -0.15) is 0 Å². The van der Waals surface area contributed by atoms with Crippen LogP contribution < -0.4 is 19.5 Å². The standard InChI is InChI=1S/C21H28N2O6S/c1-14-11-17(30(25,26)23(3)4)8-10-18(14)29-13-21(24)22-15(2)16-7-9-19(27-5)20(12-16)28-6/h7-12,15H,13H2,1-6H3,(H,22,24)/t15-/m0/s1. The van der Waals surface area contributed by atoms with E-state index >= 15 is 0 Å². The van der Waals surface area contributed by atoms with E-state index in [9.17, 15) is 13.2 Å². The molecule has 8 nitrogen and oxygen atoms in total. The molecule has 0 spiro atoms. The van der Waals surface area contributed by atoms with Crippen LogP contribution in [0.2, 0.25) is 0 Å². The molecular weight excluding hydrogens is 408 g/mol. The number of nitrogens with one attached hydrogen (secondary N) is 1. The molecule has 0 saturated carbocycles. The summed E-state index contributed by atoms with van der Waals surface area (Å²) in [5.41, 5.74) is 1.48. The Balaban J connectivity index is 2.01. The third kappa shape index (κ3) is 5.43. The van der Waals surface area contributed by atoms with Gasteiger partial charge in [-0.05, 0) is 55.3 Å². The van der Waals surface area contributed by atoms with E-state index in [0.29, 0.717) is 22.8 Å². The predicted octanol–water partition coefficient (Wildman–Crippen LogP) is 2.52. The Morgan fingerprint density at radius 2 is 1.67 bits per heavy atom. The third-order valence-corrected chi connectivity index (χ3v) is 6.38. The highest BCUT2D eigenvalue weighted by molar-refractivity contribution is 7.89. The van der Waals surface area contributed by atoms with Gasteiger partial charge in [0.05, 0.1) is 25.2 Å². The summed E-state index contributed by atoms with van der Waals surface area (Å²) in [5.74, 6) is 1.33. The summed E-state index contributed by atoms with van der Waals surface area (Å²) in [7, 11) is 2.53. The number of aryl methyl sites for hydroxylation is 1. The van der Waals surface area contributed by atoms with E-state index in [-0.39, 0.29) is 23.5 Å². The van der Waals surface area contributed by atoms with Crippen LogP contribution in [0, 0.1) is 6.92 Å². The van der Waals surface area contributed by atoms with Gasteiger partial charge in [0, 0.05) is 14.1 Å². The second-order valence-electron chi connectivity index (χ2n) is 6.91. The zero-order valence-corrected chi connectivity index (χ0v) is 18.9. The van der Waals surface area contributed by atoms with Gasteiger partial charge in [0.25, 0.3) is 5.91 Å². The first kappa shape index (κ1) is 23.5. The number of rotatable bonds is 9. The predicted molar refractivity (Wildman–Crippen MR) is 114 cm³/mol. The lowest BCUT2D eigenvalue weighted by molar-refractivity contribution is -0.123. The van der Waals surface area contributed by atoms with Crippen molar-refractivity contribution in [3.05, 3.63) is 47.5 Å². The molecule has 0 aliphatic carbocycles. The first-order chi connectivity index (χ1) is 14.1. The Morgan fingerprint density at radius 1 is 1.03 bits per heavy atom. The molecule has 2 aromatic rings. The molecule has 2 aromatic carbocycles. The largest absolute Gasteiger partial charge is 0.493 e. The van der Waals surface area contributed by atoms with Crippen molar-refractivity contribution in [2.45, 2.75) is 24.8 Å². The number of amides is 1. The topological polar surface area (TPSA) is 94.2 Å². The summed E-state index contributed by atoms with van der Waals surface area (Å²) in [5, 5.41) is 2.86. The summed E-state index contributed by atoms with van der Waals surface area (Å²) in [6, 6.07) is 9.70. The number of benzene rings is 2. The Hall–Kier alpha value is -2.78. The highest BCUT2D eigenvalue weighted by Gasteiger charge is 2.19. The van der Waals surface area contributed by atoms with Crippen molar-refractivity contribution < 1.29 is 27.4 Å². The zero-order chi connectivity index (χ0) is 22.5. The van der Waals surface area contributed by atoms with Crippen molar-refractivity contribution in [2.24, 2.45) is 0 Å². The van der Waals surface area contributed by atoms with Crippen LogP contribution in [0.3, 0.4) is 0 Å². The van der Waals surface area contributed by atoms with Crippen LogP contribution in [0.5, 0.6) is 17.2 Å². The Labute approximate surface area is 177 Å². The minimum atomic E-state index is -3.53. The highest BCUT2D eigenvalue weighted by Crippen LogP contribution is 2.30. The molecule has 0 aromatic heterocycles. The molecule has 0 fully saturated rings. The second kappa shape index (κ2) is 9.82. The molecule has 30 heavy (non-hydrogen) atoms. The summed E-state index contributed by atoms with van der Waals surface area (Å²) in [6.07, 6.45) is 0. The number of hydrogen-bond acceptors (Lipinski definition) is 6. The van der Waals surface area contributed by atoms with E-state index in [0.717, 1.165) is 9.87 Å². The number of methoxy groups -OCH3 is 2. The minimum absolute atomic E-state index is 0.170. The highest BCUT2D eigenvalue weighted by atomic mass is 32.2. The lowest BCUT2D eigenvalue weighted by atomic mass is 10.1. The normalized spacial score (nSPS) is 12.4. The van der Waals surface area contributed by atoms with Crippen LogP contribution in [-0.2, 0) is 14.8 Å². The molecule has 0 heterocycles. The molecule has 164 valence electrons. The molecule has 0 bridgehead atoms. The Bertz CT molecular complexity index is 1000. The molecule has 1 amide bonds. The summed E-state index contributed by atoms with van der Waals surface area (Å²) in [4.78, 5) is 12.5. The molecule has 0 unspecified atom stereocenters. The van der Waals surface area contributed by atoms with Gasteiger partial charge in [-0.15, -0.1) is 0 Å². The Morgan fingerprint density at radius 3 is 2.23 bits per heavy atom. The molecule has 9 heteroatoms. The molecule has 0 aliphatic heterocycles. The maximum Gasteiger partial charge on any atom is 0.258 e. The zero-order valence-electron chi connectivity index (χ0n) is 18.1. The van der Waals surface area contributed by atoms with Crippen LogP contribution in [0.1, 0.15) is 24.1 Å². The van der Waals surface area contributed by atoms with Crippen LogP contribution in [-0.4, -0.2) is 53.6 Å². The number of carbonyl (C=O) groups is 1. The van der Waals surface area contributed by atoms with Gasteiger partial charge in [0.2, 0.25) is 10.0 Å². The van der Waals surface area contributed by atoms with E-state index in [1.54, 1.807) is 39.3 Å². The first-order valence-corrected chi connectivity index (χ1v) is 10.7. The number of ether oxygens (including phenoxy) is 3. The molecule has 0 saturated heterocycles. The van der Waals surface area contributed by atoms with E-state index < -0.39 is 10.0 Å². The van der Waals surface area contributed by atoms with Crippen molar-refractivity contribution >= 4 is 15.9 Å². The van der Waals surface area contributed by atoms with Gasteiger partial charge in [-0.3, -0.25) is 4.79 Å². The quantitative estimate of drug-likeness (QED) is 0.649. The fourth-order valence-electron chi connectivity index (χ4n) is 2.79. The van der Waals surface area contributed by atoms with Crippen molar-refractivity contribution in [1.82, 2.24) is 9.62 Å². The maximum absolute atomic E-state index is 12.3. The van der Waals surface area contributed by atoms with Crippen LogP contribution in [0.15, 0.2) is 41.3 Å². The van der Waals surface area contributed by atoms with E-state index in [1.807, 2.05) is 13.0 Å². The van der Waals surface area contributed by atoms with Crippen molar-refractivity contribution in [3.8, 4) is 17.2 Å². The van der Waals surface area contributed by atoms with E-state index in [2.05, 4.69) is 5.32 Å². The molecular formula is C21H28N2O6S. The number of nitrogens with zero attached hydrogens (tertiary/aromatic N) is 1. The smallest absolute Gasteiger partial charge is 0.258 e. The van der Waals surface area contributed by atoms with Crippen LogP contribution >= 0.6 is 0 Å². The monoisotopic (exact) mass is 436 g/mol. The fraction of sp³-hybridized carbons (Fsp3) is 0.381. The summed E-state index contributed by atoms with van der Waals surface area (Å²) < 4.78 is 41.7. The Kier molecular flexibility index (Phi) is 7.69. The van der Waals surface area contributed by atoms with Gasteiger partial charge in [0.1, 0.15) is 5.75 Å². The van der Waals surface area contributed by atoms with Crippen LogP contribution in [0.4, 0.5) is 0 Å². The lowest BCUT2D eigenvalue weighted by Gasteiger charge is -2.17. The number of carbonyl (C=O) groups excluding carboxylic acids is 1. The van der Waals surface area contributed by atoms with E-state index in [4.69, 9.17) is 14.2 Å². The lowest BCUT2D eigenvalue weighted by Crippen LogP contribution is -2.31.